The molecule has 0 bridgehead atoms. The molecule has 0 radical (unpaired) electrons. The Bertz CT molecular complexity index is 963. The molecule has 2 aromatic heterocycles. The van der Waals surface area contributed by atoms with E-state index in [0.717, 1.165) is 28.2 Å². The number of thiophene rings is 1. The summed E-state index contributed by atoms with van der Waals surface area (Å²) in [5.74, 6) is -0.390. The normalized spacial score (nSPS) is 11.2. The molecule has 1 aromatic carbocycles. The zero-order valence-electron chi connectivity index (χ0n) is 12.5. The number of anilines is 2. The van der Waals surface area contributed by atoms with E-state index >= 15 is 0 Å². The van der Waals surface area contributed by atoms with Crippen molar-refractivity contribution in [3.63, 3.8) is 0 Å². The van der Waals surface area contributed by atoms with Crippen LogP contribution in [0.15, 0.2) is 51.4 Å². The maximum absolute atomic E-state index is 12.2. The lowest BCUT2D eigenvalue weighted by atomic mass is 10.2. The van der Waals surface area contributed by atoms with Crippen LogP contribution in [0, 0.1) is 6.92 Å². The number of sulfonamides is 1. The number of carbonyl (C=O) groups is 1. The van der Waals surface area contributed by atoms with E-state index in [0.29, 0.717) is 5.69 Å². The third kappa shape index (κ3) is 3.81. The summed E-state index contributed by atoms with van der Waals surface area (Å²) in [4.78, 5) is 16.2. The number of aromatic nitrogens is 1. The quantitative estimate of drug-likeness (QED) is 0.709. The van der Waals surface area contributed by atoms with E-state index in [1.54, 1.807) is 17.5 Å². The molecular formula is C15H13N3O3S3. The first-order valence-electron chi connectivity index (χ1n) is 6.84. The number of rotatable bonds is 5. The van der Waals surface area contributed by atoms with Gasteiger partial charge in [0.1, 0.15) is 9.90 Å². The molecule has 0 atom stereocenters. The molecule has 124 valence electrons. The second-order valence-electron chi connectivity index (χ2n) is 4.90. The molecule has 0 aliphatic heterocycles. The third-order valence-corrected chi connectivity index (χ3v) is 6.62. The van der Waals surface area contributed by atoms with Crippen LogP contribution in [0.1, 0.15) is 16.1 Å². The summed E-state index contributed by atoms with van der Waals surface area (Å²) in [6, 6.07) is 10.5. The van der Waals surface area contributed by atoms with Crippen molar-refractivity contribution in [3.8, 4) is 0 Å². The molecule has 0 aliphatic rings. The molecule has 3 aromatic rings. The Hall–Kier alpha value is -2.23. The summed E-state index contributed by atoms with van der Waals surface area (Å²) in [7, 11) is -3.66. The third-order valence-electron chi connectivity index (χ3n) is 2.99. The van der Waals surface area contributed by atoms with Gasteiger partial charge >= 0.3 is 0 Å². The van der Waals surface area contributed by atoms with Gasteiger partial charge in [-0.1, -0.05) is 18.2 Å². The SMILES string of the molecule is Cc1cccc(NC(=O)c2csc(NS(=O)(=O)c3cccs3)n2)c1. The number of carbonyl (C=O) groups excluding carboxylic acids is 1. The second kappa shape index (κ2) is 6.71. The van der Waals surface area contributed by atoms with Crippen molar-refractivity contribution >= 4 is 49.4 Å². The molecular weight excluding hydrogens is 366 g/mol. The minimum absolute atomic E-state index is 0.151. The Morgan fingerprint density at radius 2 is 2.00 bits per heavy atom. The molecule has 0 spiro atoms. The van der Waals surface area contributed by atoms with Crippen LogP contribution in [-0.4, -0.2) is 19.3 Å². The average molecular weight is 379 g/mol. The molecule has 2 heterocycles. The lowest BCUT2D eigenvalue weighted by molar-refractivity contribution is 0.102. The van der Waals surface area contributed by atoms with E-state index in [1.807, 2.05) is 25.1 Å². The van der Waals surface area contributed by atoms with Gasteiger partial charge in [0.2, 0.25) is 0 Å². The highest BCUT2D eigenvalue weighted by Gasteiger charge is 2.18. The molecule has 0 unspecified atom stereocenters. The summed E-state index contributed by atoms with van der Waals surface area (Å²) in [5, 5.41) is 6.07. The van der Waals surface area contributed by atoms with Crippen molar-refractivity contribution in [2.24, 2.45) is 0 Å². The van der Waals surface area contributed by atoms with Crippen LogP contribution in [0.4, 0.5) is 10.8 Å². The molecule has 0 saturated heterocycles. The van der Waals surface area contributed by atoms with E-state index in [1.165, 1.54) is 11.4 Å². The van der Waals surface area contributed by atoms with Crippen molar-refractivity contribution < 1.29 is 13.2 Å². The Morgan fingerprint density at radius 1 is 1.17 bits per heavy atom. The minimum Gasteiger partial charge on any atom is -0.321 e. The number of amides is 1. The van der Waals surface area contributed by atoms with E-state index in [4.69, 9.17) is 0 Å². The largest absolute Gasteiger partial charge is 0.321 e. The van der Waals surface area contributed by atoms with Crippen LogP contribution in [0.25, 0.3) is 0 Å². The van der Waals surface area contributed by atoms with Crippen LogP contribution in [-0.2, 0) is 10.0 Å². The number of thiazole rings is 1. The maximum Gasteiger partial charge on any atom is 0.275 e. The van der Waals surface area contributed by atoms with Gasteiger partial charge < -0.3 is 5.32 Å². The van der Waals surface area contributed by atoms with Crippen molar-refractivity contribution in [1.29, 1.82) is 0 Å². The van der Waals surface area contributed by atoms with E-state index in [2.05, 4.69) is 15.0 Å². The fraction of sp³-hybridized carbons (Fsp3) is 0.0667. The zero-order chi connectivity index (χ0) is 17.2. The predicted molar refractivity (Wildman–Crippen MR) is 96.4 cm³/mol. The molecule has 24 heavy (non-hydrogen) atoms. The lowest BCUT2D eigenvalue weighted by Gasteiger charge is -2.04. The first-order chi connectivity index (χ1) is 11.4. The highest BCUT2D eigenvalue weighted by molar-refractivity contribution is 7.94. The summed E-state index contributed by atoms with van der Waals surface area (Å²) in [6.07, 6.45) is 0. The van der Waals surface area contributed by atoms with Gasteiger partial charge in [0.05, 0.1) is 0 Å². The second-order valence-corrected chi connectivity index (χ2v) is 8.61. The van der Waals surface area contributed by atoms with Crippen LogP contribution >= 0.6 is 22.7 Å². The Labute approximate surface area is 147 Å². The van der Waals surface area contributed by atoms with E-state index in [-0.39, 0.29) is 15.0 Å². The monoisotopic (exact) mass is 379 g/mol. The Kier molecular flexibility index (Phi) is 4.65. The number of hydrogen-bond acceptors (Lipinski definition) is 6. The molecule has 1 amide bonds. The average Bonchev–Trinajstić information content (AvgIpc) is 3.18. The molecule has 0 saturated carbocycles. The van der Waals surface area contributed by atoms with Gasteiger partial charge in [0, 0.05) is 11.1 Å². The van der Waals surface area contributed by atoms with Crippen LogP contribution in [0.2, 0.25) is 0 Å². The van der Waals surface area contributed by atoms with Crippen molar-refractivity contribution in [3.05, 3.63) is 58.4 Å². The standard InChI is InChI=1S/C15H13N3O3S3/c1-10-4-2-5-11(8-10)16-14(19)12-9-23-15(17-12)18-24(20,21)13-6-3-7-22-13/h2-9H,1H3,(H,16,19)(H,17,18). The maximum atomic E-state index is 12.2. The highest BCUT2D eigenvalue weighted by atomic mass is 32.2. The predicted octanol–water partition coefficient (Wildman–Crippen LogP) is 3.57. The van der Waals surface area contributed by atoms with Gasteiger partial charge in [-0.25, -0.2) is 13.4 Å². The van der Waals surface area contributed by atoms with Crippen LogP contribution in [0.5, 0.6) is 0 Å². The van der Waals surface area contributed by atoms with Crippen LogP contribution < -0.4 is 10.0 Å². The van der Waals surface area contributed by atoms with Gasteiger partial charge in [-0.2, -0.15) is 0 Å². The van der Waals surface area contributed by atoms with E-state index in [9.17, 15) is 13.2 Å². The Morgan fingerprint density at radius 3 is 2.71 bits per heavy atom. The fourth-order valence-electron chi connectivity index (χ4n) is 1.92. The molecule has 9 heteroatoms. The van der Waals surface area contributed by atoms with Crippen molar-refractivity contribution in [2.45, 2.75) is 11.1 Å². The van der Waals surface area contributed by atoms with Gasteiger partial charge in [0.15, 0.2) is 5.13 Å². The topological polar surface area (TPSA) is 88.2 Å². The van der Waals surface area contributed by atoms with Gasteiger partial charge in [-0.15, -0.1) is 22.7 Å². The number of benzene rings is 1. The summed E-state index contributed by atoms with van der Waals surface area (Å²) >= 11 is 2.17. The molecule has 0 aliphatic carbocycles. The lowest BCUT2D eigenvalue weighted by Crippen LogP contribution is -2.14. The first-order valence-corrected chi connectivity index (χ1v) is 10.1. The number of nitrogens with zero attached hydrogens (tertiary/aromatic N) is 1. The smallest absolute Gasteiger partial charge is 0.275 e. The van der Waals surface area contributed by atoms with Crippen molar-refractivity contribution in [2.75, 3.05) is 10.0 Å². The summed E-state index contributed by atoms with van der Waals surface area (Å²) in [5.41, 5.74) is 1.84. The molecule has 6 nitrogen and oxygen atoms in total. The van der Waals surface area contributed by atoms with Gasteiger partial charge in [-0.3, -0.25) is 9.52 Å². The number of hydrogen-bond donors (Lipinski definition) is 2. The number of aryl methyl sites for hydroxylation is 1. The molecule has 3 rings (SSSR count). The molecule has 2 N–H and O–H groups in total. The summed E-state index contributed by atoms with van der Waals surface area (Å²) in [6.45, 7) is 1.93. The first kappa shape index (κ1) is 16.6. The summed E-state index contributed by atoms with van der Waals surface area (Å²) < 4.78 is 26.8. The molecule has 0 fully saturated rings. The highest BCUT2D eigenvalue weighted by Crippen LogP contribution is 2.23. The minimum atomic E-state index is -3.66. The van der Waals surface area contributed by atoms with E-state index < -0.39 is 15.9 Å². The van der Waals surface area contributed by atoms with Gasteiger partial charge in [-0.05, 0) is 36.1 Å². The zero-order valence-corrected chi connectivity index (χ0v) is 15.0. The van der Waals surface area contributed by atoms with Crippen LogP contribution in [0.3, 0.4) is 0 Å². The number of nitrogens with one attached hydrogen (secondary N) is 2. The Balaban J connectivity index is 1.72. The van der Waals surface area contributed by atoms with Crippen molar-refractivity contribution in [1.82, 2.24) is 4.98 Å². The van der Waals surface area contributed by atoms with Gasteiger partial charge in [0.25, 0.3) is 15.9 Å². The fourth-order valence-corrected chi connectivity index (χ4v) is 4.86.